The number of ether oxygens (including phenoxy) is 2. The van der Waals surface area contributed by atoms with E-state index in [0.29, 0.717) is 30.2 Å². The second kappa shape index (κ2) is 6.81. The van der Waals surface area contributed by atoms with Crippen LogP contribution in [-0.2, 0) is 4.74 Å². The first kappa shape index (κ1) is 17.7. The van der Waals surface area contributed by atoms with Crippen LogP contribution in [0.1, 0.15) is 37.9 Å². The molecule has 1 aromatic heterocycles. The molecule has 27 heavy (non-hydrogen) atoms. The van der Waals surface area contributed by atoms with Crippen molar-refractivity contribution >= 4 is 17.2 Å². The van der Waals surface area contributed by atoms with Crippen LogP contribution in [0, 0.1) is 5.41 Å². The molecule has 0 bridgehead atoms. The summed E-state index contributed by atoms with van der Waals surface area (Å²) in [7, 11) is 0. The molecule has 1 aliphatic carbocycles. The van der Waals surface area contributed by atoms with Gasteiger partial charge in [0, 0.05) is 23.9 Å². The van der Waals surface area contributed by atoms with Gasteiger partial charge in [-0.3, -0.25) is 5.41 Å². The zero-order chi connectivity index (χ0) is 19.0. The number of nitrogens with zero attached hydrogens (tertiary/aromatic N) is 3. The Morgan fingerprint density at radius 3 is 2.89 bits per heavy atom. The van der Waals surface area contributed by atoms with Crippen molar-refractivity contribution in [2.24, 2.45) is 0 Å². The third-order valence-electron chi connectivity index (χ3n) is 5.18. The Bertz CT molecular complexity index is 865. The number of hydrogen-bond donors (Lipinski definition) is 2. The van der Waals surface area contributed by atoms with Gasteiger partial charge in [-0.2, -0.15) is 0 Å². The Hall–Kier alpha value is -2.67. The quantitative estimate of drug-likeness (QED) is 0.623. The number of anilines is 2. The SMILES string of the molecule is C[C@H]1COCCN1c1cc(C(=N)c2cc(OC3(C)CC3)ccc2N)ncn1. The van der Waals surface area contributed by atoms with Crippen LogP contribution in [0.25, 0.3) is 0 Å². The molecule has 0 amide bonds. The van der Waals surface area contributed by atoms with Gasteiger partial charge in [0.25, 0.3) is 0 Å². The maximum atomic E-state index is 8.65. The highest BCUT2D eigenvalue weighted by atomic mass is 16.5. The van der Waals surface area contributed by atoms with Crippen LogP contribution in [-0.4, -0.2) is 47.1 Å². The number of nitrogens with one attached hydrogen (secondary N) is 1. The lowest BCUT2D eigenvalue weighted by Crippen LogP contribution is -2.44. The van der Waals surface area contributed by atoms with E-state index < -0.39 is 0 Å². The van der Waals surface area contributed by atoms with Crippen molar-refractivity contribution in [2.45, 2.75) is 38.3 Å². The van der Waals surface area contributed by atoms with Crippen LogP contribution in [0.4, 0.5) is 11.5 Å². The van der Waals surface area contributed by atoms with Gasteiger partial charge in [-0.05, 0) is 44.9 Å². The number of morpholine rings is 1. The molecule has 1 aromatic carbocycles. The van der Waals surface area contributed by atoms with E-state index in [1.807, 2.05) is 18.2 Å². The largest absolute Gasteiger partial charge is 0.488 e. The maximum Gasteiger partial charge on any atom is 0.133 e. The Morgan fingerprint density at radius 1 is 1.33 bits per heavy atom. The van der Waals surface area contributed by atoms with E-state index in [9.17, 15) is 0 Å². The van der Waals surface area contributed by atoms with Gasteiger partial charge in [0.15, 0.2) is 0 Å². The Kier molecular flexibility index (Phi) is 4.47. The third kappa shape index (κ3) is 3.73. The van der Waals surface area contributed by atoms with E-state index in [1.54, 1.807) is 6.07 Å². The first-order valence-electron chi connectivity index (χ1n) is 9.29. The fraction of sp³-hybridized carbons (Fsp3) is 0.450. The van der Waals surface area contributed by atoms with Crippen molar-refractivity contribution in [3.63, 3.8) is 0 Å². The summed E-state index contributed by atoms with van der Waals surface area (Å²) in [5.41, 5.74) is 8.03. The molecule has 2 aliphatic rings. The molecule has 2 fully saturated rings. The molecule has 142 valence electrons. The number of benzene rings is 1. The monoisotopic (exact) mass is 367 g/mol. The van der Waals surface area contributed by atoms with Crippen molar-refractivity contribution in [2.75, 3.05) is 30.4 Å². The standard InChI is InChI=1S/C20H25N5O2/c1-13-11-26-8-7-25(13)18-10-17(23-12-24-18)19(22)15-9-14(3-4-16(15)21)27-20(2)5-6-20/h3-4,9-10,12-13,22H,5-8,11,21H2,1-2H3/t13-/m0/s1. The van der Waals surface area contributed by atoms with Crippen LogP contribution in [0.5, 0.6) is 5.75 Å². The van der Waals surface area contributed by atoms with Crippen molar-refractivity contribution < 1.29 is 9.47 Å². The zero-order valence-corrected chi connectivity index (χ0v) is 15.7. The van der Waals surface area contributed by atoms with Gasteiger partial charge in [0.05, 0.1) is 30.7 Å². The highest BCUT2D eigenvalue weighted by Gasteiger charge is 2.40. The van der Waals surface area contributed by atoms with E-state index >= 15 is 0 Å². The predicted molar refractivity (Wildman–Crippen MR) is 105 cm³/mol. The van der Waals surface area contributed by atoms with Gasteiger partial charge in [-0.1, -0.05) is 0 Å². The highest BCUT2D eigenvalue weighted by molar-refractivity contribution is 6.13. The van der Waals surface area contributed by atoms with Gasteiger partial charge in [0.2, 0.25) is 0 Å². The lowest BCUT2D eigenvalue weighted by atomic mass is 10.0. The molecule has 0 unspecified atom stereocenters. The summed E-state index contributed by atoms with van der Waals surface area (Å²) < 4.78 is 11.5. The molecule has 1 atom stereocenters. The maximum absolute atomic E-state index is 8.65. The molecule has 0 radical (unpaired) electrons. The Morgan fingerprint density at radius 2 is 2.15 bits per heavy atom. The summed E-state index contributed by atoms with van der Waals surface area (Å²) in [4.78, 5) is 10.9. The average Bonchev–Trinajstić information content (AvgIpc) is 3.40. The first-order chi connectivity index (χ1) is 13.0. The number of aromatic nitrogens is 2. The van der Waals surface area contributed by atoms with Gasteiger partial charge < -0.3 is 20.1 Å². The van der Waals surface area contributed by atoms with E-state index in [2.05, 4.69) is 28.7 Å². The average molecular weight is 367 g/mol. The minimum Gasteiger partial charge on any atom is -0.488 e. The number of nitrogen functional groups attached to an aromatic ring is 1. The molecular formula is C20H25N5O2. The van der Waals surface area contributed by atoms with Crippen LogP contribution >= 0.6 is 0 Å². The normalized spacial score (nSPS) is 21.0. The highest BCUT2D eigenvalue weighted by Crippen LogP contribution is 2.40. The molecular weight excluding hydrogens is 342 g/mol. The fourth-order valence-corrected chi connectivity index (χ4v) is 3.22. The Balaban J connectivity index is 1.61. The lowest BCUT2D eigenvalue weighted by molar-refractivity contribution is 0.0985. The van der Waals surface area contributed by atoms with Gasteiger partial charge in [-0.15, -0.1) is 0 Å². The topological polar surface area (TPSA) is 97.3 Å². The van der Waals surface area contributed by atoms with Gasteiger partial charge in [0.1, 0.15) is 23.5 Å². The number of hydrogen-bond acceptors (Lipinski definition) is 7. The third-order valence-corrected chi connectivity index (χ3v) is 5.18. The molecule has 1 saturated heterocycles. The van der Waals surface area contributed by atoms with Crippen molar-refractivity contribution in [1.82, 2.24) is 9.97 Å². The molecule has 2 heterocycles. The summed E-state index contributed by atoms with van der Waals surface area (Å²) in [6.45, 7) is 6.31. The van der Waals surface area contributed by atoms with Crippen LogP contribution in [0.15, 0.2) is 30.6 Å². The van der Waals surface area contributed by atoms with E-state index in [4.69, 9.17) is 20.6 Å². The summed E-state index contributed by atoms with van der Waals surface area (Å²) in [5.74, 6) is 1.54. The van der Waals surface area contributed by atoms with E-state index in [-0.39, 0.29) is 17.4 Å². The molecule has 3 N–H and O–H groups in total. The minimum absolute atomic E-state index is 0.0792. The second-order valence-electron chi connectivity index (χ2n) is 7.55. The molecule has 1 saturated carbocycles. The second-order valence-corrected chi connectivity index (χ2v) is 7.55. The molecule has 2 aromatic rings. The number of nitrogens with two attached hydrogens (primary N) is 1. The van der Waals surface area contributed by atoms with Gasteiger partial charge >= 0.3 is 0 Å². The number of rotatable bonds is 5. The van der Waals surface area contributed by atoms with E-state index in [1.165, 1.54) is 6.33 Å². The first-order valence-corrected chi connectivity index (χ1v) is 9.29. The summed E-state index contributed by atoms with van der Waals surface area (Å²) in [5, 5.41) is 8.65. The van der Waals surface area contributed by atoms with Crippen molar-refractivity contribution in [1.29, 1.82) is 5.41 Å². The molecule has 4 rings (SSSR count). The van der Waals surface area contributed by atoms with Crippen LogP contribution < -0.4 is 15.4 Å². The summed E-state index contributed by atoms with van der Waals surface area (Å²) >= 11 is 0. The zero-order valence-electron chi connectivity index (χ0n) is 15.7. The van der Waals surface area contributed by atoms with Crippen LogP contribution in [0.2, 0.25) is 0 Å². The fourth-order valence-electron chi connectivity index (χ4n) is 3.22. The minimum atomic E-state index is -0.0792. The lowest BCUT2D eigenvalue weighted by Gasteiger charge is -2.34. The Labute approximate surface area is 159 Å². The van der Waals surface area contributed by atoms with Crippen molar-refractivity contribution in [3.8, 4) is 5.75 Å². The smallest absolute Gasteiger partial charge is 0.133 e. The van der Waals surface area contributed by atoms with Gasteiger partial charge in [-0.25, -0.2) is 9.97 Å². The van der Waals surface area contributed by atoms with Crippen LogP contribution in [0.3, 0.4) is 0 Å². The summed E-state index contributed by atoms with van der Waals surface area (Å²) in [6.07, 6.45) is 3.61. The molecule has 7 nitrogen and oxygen atoms in total. The van der Waals surface area contributed by atoms with E-state index in [0.717, 1.165) is 31.0 Å². The van der Waals surface area contributed by atoms with Crippen molar-refractivity contribution in [3.05, 3.63) is 41.9 Å². The molecule has 1 aliphatic heterocycles. The summed E-state index contributed by atoms with van der Waals surface area (Å²) in [6, 6.07) is 7.56. The molecule has 7 heteroatoms. The predicted octanol–water partition coefficient (Wildman–Crippen LogP) is 2.63. The molecule has 0 spiro atoms.